The van der Waals surface area contributed by atoms with E-state index in [4.69, 9.17) is 28.4 Å². The molecule has 1 saturated heterocycles. The molecular formula is C76H73NO6. The molecule has 1 fully saturated rings. The SMILES string of the molecule is Cc1cc(OCc2ccccc2)c([C@@H]2O[C@H](COCc3ccccc3)[C@@H](OCc3ccccc3)[C@H](OCc3ccccc3)[C@H]2OCc2ccccc2)cc1Cc1ccc(CCNC(c2ccccc2)(c2ccccc2)c2ccccc2)cc1. The molecule has 0 spiro atoms. The Bertz CT molecular complexity index is 3390. The van der Waals surface area contributed by atoms with Crippen LogP contribution in [-0.2, 0) is 75.1 Å². The predicted molar refractivity (Wildman–Crippen MR) is 331 cm³/mol. The summed E-state index contributed by atoms with van der Waals surface area (Å²) in [4.78, 5) is 0. The summed E-state index contributed by atoms with van der Waals surface area (Å²) in [6.45, 7) is 4.96. The maximum atomic E-state index is 7.55. The zero-order valence-electron chi connectivity index (χ0n) is 47.3. The number of hydrogen-bond donors (Lipinski definition) is 1. The number of hydrogen-bond acceptors (Lipinski definition) is 7. The van der Waals surface area contributed by atoms with Gasteiger partial charge >= 0.3 is 0 Å². The van der Waals surface area contributed by atoms with Crippen LogP contribution in [0, 0.1) is 6.92 Å². The van der Waals surface area contributed by atoms with Crippen LogP contribution >= 0.6 is 0 Å². The van der Waals surface area contributed by atoms with Gasteiger partial charge in [-0.1, -0.05) is 267 Å². The first kappa shape index (κ1) is 56.6. The molecule has 7 heteroatoms. The Hall–Kier alpha value is -8.24. The maximum Gasteiger partial charge on any atom is 0.126 e. The lowest BCUT2D eigenvalue weighted by atomic mass is 9.77. The van der Waals surface area contributed by atoms with Crippen LogP contribution in [0.5, 0.6) is 5.75 Å². The number of rotatable bonds is 26. The second-order valence-corrected chi connectivity index (χ2v) is 21.5. The minimum absolute atomic E-state index is 0.244. The number of aryl methyl sites for hydroxylation is 1. The zero-order valence-corrected chi connectivity index (χ0v) is 47.3. The lowest BCUT2D eigenvalue weighted by Crippen LogP contribution is -2.58. The lowest BCUT2D eigenvalue weighted by Gasteiger charge is -2.46. The fourth-order valence-corrected chi connectivity index (χ4v) is 11.4. The van der Waals surface area contributed by atoms with Crippen molar-refractivity contribution in [2.24, 2.45) is 0 Å². The van der Waals surface area contributed by atoms with E-state index in [2.05, 4.69) is 200 Å². The summed E-state index contributed by atoms with van der Waals surface area (Å²) >= 11 is 0. The van der Waals surface area contributed by atoms with Gasteiger partial charge in [0.15, 0.2) is 0 Å². The predicted octanol–water partition coefficient (Wildman–Crippen LogP) is 15.7. The highest BCUT2D eigenvalue weighted by Gasteiger charge is 2.50. The van der Waals surface area contributed by atoms with Crippen molar-refractivity contribution in [2.45, 2.75) is 88.9 Å². The molecule has 418 valence electrons. The van der Waals surface area contributed by atoms with Gasteiger partial charge in [0.2, 0.25) is 0 Å². The van der Waals surface area contributed by atoms with E-state index in [9.17, 15) is 0 Å². The first-order chi connectivity index (χ1) is 41.1. The summed E-state index contributed by atoms with van der Waals surface area (Å²) in [5.74, 6) is 0.725. The van der Waals surface area contributed by atoms with Gasteiger partial charge in [0, 0.05) is 12.1 Å². The van der Waals surface area contributed by atoms with E-state index in [1.54, 1.807) is 0 Å². The van der Waals surface area contributed by atoms with Crippen molar-refractivity contribution in [1.82, 2.24) is 5.32 Å². The summed E-state index contributed by atoms with van der Waals surface area (Å²) in [5, 5.41) is 4.08. The van der Waals surface area contributed by atoms with Crippen LogP contribution in [0.1, 0.15) is 78.4 Å². The largest absolute Gasteiger partial charge is 0.489 e. The van der Waals surface area contributed by atoms with Gasteiger partial charge in [0.1, 0.15) is 42.9 Å². The molecule has 1 N–H and O–H groups in total. The Morgan fingerprint density at radius 2 is 0.795 bits per heavy atom. The third-order valence-electron chi connectivity index (χ3n) is 15.7. The number of benzene rings is 10. The molecule has 0 unspecified atom stereocenters. The van der Waals surface area contributed by atoms with Crippen LogP contribution in [0.3, 0.4) is 0 Å². The maximum absolute atomic E-state index is 7.55. The summed E-state index contributed by atoms with van der Waals surface area (Å²) in [6.07, 6.45) is -1.57. The molecule has 1 aliphatic rings. The Morgan fingerprint density at radius 1 is 0.398 bits per heavy atom. The third kappa shape index (κ3) is 14.7. The second-order valence-electron chi connectivity index (χ2n) is 21.5. The summed E-state index contributed by atoms with van der Waals surface area (Å²) < 4.78 is 42.7. The van der Waals surface area contributed by atoms with Gasteiger partial charge in [-0.25, -0.2) is 0 Å². The highest BCUT2D eigenvalue weighted by Crippen LogP contribution is 2.44. The first-order valence-corrected chi connectivity index (χ1v) is 29.1. The topological polar surface area (TPSA) is 67.4 Å². The Balaban J connectivity index is 0.932. The molecule has 10 aromatic rings. The standard InChI is InChI=1S/C76H73NO6/c1-57-48-70(79-52-61-28-12-3-13-29-61)69(50-65(57)49-59-44-42-58(43-45-59)46-47-77-76(66-36-20-7-21-37-66,67-38-22-8-23-39-67)68-40-24-9-25-41-68)72-74(81-54-63-32-16-5-17-33-63)75(82-55-64-34-18-6-19-35-64)73(80-53-62-30-14-4-15-31-62)71(83-72)56-78-51-60-26-10-2-11-27-60/h2-45,48,50,71-75,77H,46-47,49,51-56H2,1H3/t71-,72+,73-,74+,75+/m1/s1. The van der Waals surface area contributed by atoms with Gasteiger partial charge in [-0.3, -0.25) is 5.32 Å². The average Bonchev–Trinajstić information content (AvgIpc) is 3.72. The normalized spacial score (nSPS) is 17.0. The van der Waals surface area contributed by atoms with Gasteiger partial charge in [-0.2, -0.15) is 0 Å². The molecule has 5 atom stereocenters. The molecule has 0 saturated carbocycles. The molecule has 0 aromatic heterocycles. The summed E-state index contributed by atoms with van der Waals surface area (Å²) in [6, 6.07) is 97.4. The number of ether oxygens (including phenoxy) is 6. The average molecular weight is 1100 g/mol. The Labute approximate surface area is 490 Å². The van der Waals surface area contributed by atoms with Gasteiger partial charge in [0.25, 0.3) is 0 Å². The molecule has 1 heterocycles. The van der Waals surface area contributed by atoms with E-state index in [1.165, 1.54) is 27.8 Å². The van der Waals surface area contributed by atoms with E-state index in [0.29, 0.717) is 39.5 Å². The smallest absolute Gasteiger partial charge is 0.126 e. The highest BCUT2D eigenvalue weighted by molar-refractivity contribution is 5.50. The molecular weight excluding hydrogens is 1020 g/mol. The monoisotopic (exact) mass is 1100 g/mol. The van der Waals surface area contributed by atoms with E-state index >= 15 is 0 Å². The molecule has 10 aromatic carbocycles. The van der Waals surface area contributed by atoms with Crippen molar-refractivity contribution in [3.05, 3.63) is 351 Å². The first-order valence-electron chi connectivity index (χ1n) is 29.1. The molecule has 0 radical (unpaired) electrons. The van der Waals surface area contributed by atoms with E-state index in [0.717, 1.165) is 63.2 Å². The molecule has 83 heavy (non-hydrogen) atoms. The highest BCUT2D eigenvalue weighted by atomic mass is 16.6. The van der Waals surface area contributed by atoms with Crippen LogP contribution in [0.25, 0.3) is 0 Å². The third-order valence-corrected chi connectivity index (χ3v) is 15.7. The molecule has 0 amide bonds. The molecule has 1 aliphatic heterocycles. The minimum atomic E-state index is -0.670. The van der Waals surface area contributed by atoms with Gasteiger partial charge in [-0.05, 0) is 98.7 Å². The minimum Gasteiger partial charge on any atom is -0.489 e. The number of nitrogens with one attached hydrogen (secondary N) is 1. The summed E-state index contributed by atoms with van der Waals surface area (Å²) in [5.41, 5.74) is 13.9. The fourth-order valence-electron chi connectivity index (χ4n) is 11.4. The van der Waals surface area contributed by atoms with Crippen molar-refractivity contribution >= 4 is 0 Å². The van der Waals surface area contributed by atoms with Crippen LogP contribution in [0.4, 0.5) is 0 Å². The Morgan fingerprint density at radius 3 is 1.27 bits per heavy atom. The van der Waals surface area contributed by atoms with E-state index < -0.39 is 36.1 Å². The van der Waals surface area contributed by atoms with Crippen LogP contribution < -0.4 is 10.1 Å². The molecule has 0 aliphatic carbocycles. The van der Waals surface area contributed by atoms with E-state index in [1.807, 2.05) is 91.0 Å². The van der Waals surface area contributed by atoms with Gasteiger partial charge < -0.3 is 28.4 Å². The molecule has 0 bridgehead atoms. The van der Waals surface area contributed by atoms with Crippen molar-refractivity contribution in [3.63, 3.8) is 0 Å². The second kappa shape index (κ2) is 28.6. The van der Waals surface area contributed by atoms with E-state index in [-0.39, 0.29) is 6.61 Å². The quantitative estimate of drug-likeness (QED) is 0.0542. The van der Waals surface area contributed by atoms with Gasteiger partial charge in [0.05, 0.1) is 38.6 Å². The van der Waals surface area contributed by atoms with Gasteiger partial charge in [-0.15, -0.1) is 0 Å². The van der Waals surface area contributed by atoms with Crippen molar-refractivity contribution < 1.29 is 28.4 Å². The molecule has 11 rings (SSSR count). The zero-order chi connectivity index (χ0) is 56.3. The van der Waals surface area contributed by atoms with Crippen molar-refractivity contribution in [2.75, 3.05) is 13.2 Å². The summed E-state index contributed by atoms with van der Waals surface area (Å²) in [7, 11) is 0. The lowest BCUT2D eigenvalue weighted by molar-refractivity contribution is -0.275. The van der Waals surface area contributed by atoms with Crippen molar-refractivity contribution in [1.29, 1.82) is 0 Å². The Kier molecular flexibility index (Phi) is 19.5. The van der Waals surface area contributed by atoms with Crippen LogP contribution in [0.15, 0.2) is 279 Å². The molecule has 7 nitrogen and oxygen atoms in total. The van der Waals surface area contributed by atoms with Crippen LogP contribution in [-0.4, -0.2) is 37.6 Å². The van der Waals surface area contributed by atoms with Crippen molar-refractivity contribution in [3.8, 4) is 5.75 Å². The fraction of sp³-hybridized carbons (Fsp3) is 0.211. The van der Waals surface area contributed by atoms with Crippen LogP contribution in [0.2, 0.25) is 0 Å².